The SMILES string of the molecule is CNC1(C#N)CCC(OC)CC1. The molecular weight excluding hydrogens is 152 g/mol. The first-order chi connectivity index (χ1) is 5.76. The Bertz CT molecular complexity index is 177. The smallest absolute Gasteiger partial charge is 0.106 e. The normalized spacial score (nSPS) is 35.9. The molecule has 0 heterocycles. The van der Waals surface area contributed by atoms with Crippen molar-refractivity contribution < 1.29 is 4.74 Å². The highest BCUT2D eigenvalue weighted by molar-refractivity contribution is 5.08. The Kier molecular flexibility index (Phi) is 3.07. The molecule has 1 aliphatic carbocycles. The quantitative estimate of drug-likeness (QED) is 0.670. The van der Waals surface area contributed by atoms with Crippen molar-refractivity contribution in [1.82, 2.24) is 5.32 Å². The number of nitriles is 1. The first kappa shape index (κ1) is 9.50. The molecule has 0 aliphatic heterocycles. The lowest BCUT2D eigenvalue weighted by molar-refractivity contribution is 0.0538. The predicted molar refractivity (Wildman–Crippen MR) is 46.7 cm³/mol. The summed E-state index contributed by atoms with van der Waals surface area (Å²) < 4.78 is 5.24. The van der Waals surface area contributed by atoms with Crippen molar-refractivity contribution in [2.75, 3.05) is 14.2 Å². The molecule has 0 aromatic carbocycles. The van der Waals surface area contributed by atoms with E-state index in [9.17, 15) is 0 Å². The molecule has 68 valence electrons. The van der Waals surface area contributed by atoms with Crippen molar-refractivity contribution in [1.29, 1.82) is 5.26 Å². The predicted octanol–water partition coefficient (Wildman–Crippen LogP) is 1.06. The Hall–Kier alpha value is -0.590. The van der Waals surface area contributed by atoms with Crippen LogP contribution in [0.4, 0.5) is 0 Å². The van der Waals surface area contributed by atoms with Gasteiger partial charge in [-0.05, 0) is 32.7 Å². The topological polar surface area (TPSA) is 45.0 Å². The first-order valence-corrected chi connectivity index (χ1v) is 4.39. The molecule has 0 atom stereocenters. The van der Waals surface area contributed by atoms with Gasteiger partial charge in [0.2, 0.25) is 0 Å². The van der Waals surface area contributed by atoms with Crippen LogP contribution >= 0.6 is 0 Å². The summed E-state index contributed by atoms with van der Waals surface area (Å²) in [6.45, 7) is 0. The van der Waals surface area contributed by atoms with Crippen LogP contribution in [0.3, 0.4) is 0 Å². The van der Waals surface area contributed by atoms with Crippen molar-refractivity contribution in [3.8, 4) is 6.07 Å². The van der Waals surface area contributed by atoms with Gasteiger partial charge in [-0.2, -0.15) is 5.26 Å². The Morgan fingerprint density at radius 3 is 2.42 bits per heavy atom. The Balaban J connectivity index is 2.49. The van der Waals surface area contributed by atoms with Gasteiger partial charge in [-0.25, -0.2) is 0 Å². The minimum absolute atomic E-state index is 0.283. The van der Waals surface area contributed by atoms with Gasteiger partial charge in [0.15, 0.2) is 0 Å². The minimum atomic E-state index is -0.283. The lowest BCUT2D eigenvalue weighted by atomic mass is 9.81. The molecular formula is C9H16N2O. The van der Waals surface area contributed by atoms with Crippen molar-refractivity contribution in [2.45, 2.75) is 37.3 Å². The van der Waals surface area contributed by atoms with Gasteiger partial charge < -0.3 is 10.1 Å². The highest BCUT2D eigenvalue weighted by Gasteiger charge is 2.33. The average Bonchev–Trinajstić information content (AvgIpc) is 2.18. The highest BCUT2D eigenvalue weighted by atomic mass is 16.5. The van der Waals surface area contributed by atoms with Gasteiger partial charge in [0.05, 0.1) is 12.2 Å². The Morgan fingerprint density at radius 2 is 2.08 bits per heavy atom. The van der Waals surface area contributed by atoms with Gasteiger partial charge >= 0.3 is 0 Å². The first-order valence-electron chi connectivity index (χ1n) is 4.39. The number of nitrogens with zero attached hydrogens (tertiary/aromatic N) is 1. The lowest BCUT2D eigenvalue weighted by Crippen LogP contribution is -2.45. The third kappa shape index (κ3) is 1.77. The fourth-order valence-corrected chi connectivity index (χ4v) is 1.74. The molecule has 1 saturated carbocycles. The largest absolute Gasteiger partial charge is 0.381 e. The van der Waals surface area contributed by atoms with Crippen LogP contribution in [0, 0.1) is 11.3 Å². The molecule has 0 aromatic heterocycles. The molecule has 0 unspecified atom stereocenters. The Labute approximate surface area is 73.7 Å². The number of nitrogens with one attached hydrogen (secondary N) is 1. The van der Waals surface area contributed by atoms with Crippen molar-refractivity contribution in [2.24, 2.45) is 0 Å². The summed E-state index contributed by atoms with van der Waals surface area (Å²) in [7, 11) is 3.60. The zero-order valence-electron chi connectivity index (χ0n) is 7.76. The van der Waals surface area contributed by atoms with Crippen LogP contribution in [0.5, 0.6) is 0 Å². The van der Waals surface area contributed by atoms with Crippen LogP contribution in [0.2, 0.25) is 0 Å². The molecule has 3 nitrogen and oxygen atoms in total. The van der Waals surface area contributed by atoms with Crippen LogP contribution in [0.15, 0.2) is 0 Å². The third-order valence-electron chi connectivity index (χ3n) is 2.81. The second kappa shape index (κ2) is 3.88. The third-order valence-corrected chi connectivity index (χ3v) is 2.81. The number of hydrogen-bond acceptors (Lipinski definition) is 3. The van der Waals surface area contributed by atoms with E-state index in [0.29, 0.717) is 6.10 Å². The average molecular weight is 168 g/mol. The number of ether oxygens (including phenoxy) is 1. The second-order valence-corrected chi connectivity index (χ2v) is 3.38. The molecule has 1 aliphatic rings. The van der Waals surface area contributed by atoms with Crippen molar-refractivity contribution in [3.63, 3.8) is 0 Å². The van der Waals surface area contributed by atoms with E-state index < -0.39 is 0 Å². The highest BCUT2D eigenvalue weighted by Crippen LogP contribution is 2.28. The van der Waals surface area contributed by atoms with Crippen LogP contribution < -0.4 is 5.32 Å². The molecule has 0 amide bonds. The fourth-order valence-electron chi connectivity index (χ4n) is 1.74. The van der Waals surface area contributed by atoms with E-state index in [1.807, 2.05) is 7.05 Å². The van der Waals surface area contributed by atoms with E-state index in [0.717, 1.165) is 25.7 Å². The zero-order chi connectivity index (χ0) is 9.03. The summed E-state index contributed by atoms with van der Waals surface area (Å²) >= 11 is 0. The van der Waals surface area contributed by atoms with E-state index in [4.69, 9.17) is 10.00 Å². The number of methoxy groups -OCH3 is 1. The summed E-state index contributed by atoms with van der Waals surface area (Å²) in [5.41, 5.74) is -0.283. The molecule has 1 fully saturated rings. The van der Waals surface area contributed by atoms with Crippen LogP contribution in [-0.2, 0) is 4.74 Å². The fraction of sp³-hybridized carbons (Fsp3) is 0.889. The maximum absolute atomic E-state index is 8.95. The van der Waals surface area contributed by atoms with Gasteiger partial charge in [0.1, 0.15) is 5.54 Å². The van der Waals surface area contributed by atoms with Gasteiger partial charge in [0.25, 0.3) is 0 Å². The Morgan fingerprint density at radius 1 is 1.50 bits per heavy atom. The summed E-state index contributed by atoms with van der Waals surface area (Å²) in [6.07, 6.45) is 4.15. The van der Waals surface area contributed by atoms with Crippen LogP contribution in [0.25, 0.3) is 0 Å². The molecule has 1 rings (SSSR count). The minimum Gasteiger partial charge on any atom is -0.381 e. The molecule has 1 N–H and O–H groups in total. The lowest BCUT2D eigenvalue weighted by Gasteiger charge is -2.33. The number of rotatable bonds is 2. The molecule has 0 radical (unpaired) electrons. The maximum atomic E-state index is 8.95. The van der Waals surface area contributed by atoms with Crippen molar-refractivity contribution in [3.05, 3.63) is 0 Å². The standard InChI is InChI=1S/C9H16N2O/c1-11-9(7-10)5-3-8(12-2)4-6-9/h8,11H,3-6H2,1-2H3. The molecule has 0 saturated heterocycles. The molecule has 0 bridgehead atoms. The van der Waals surface area contributed by atoms with Gasteiger partial charge in [-0.15, -0.1) is 0 Å². The summed E-state index contributed by atoms with van der Waals surface area (Å²) in [6, 6.07) is 2.35. The van der Waals surface area contributed by atoms with Gasteiger partial charge in [-0.1, -0.05) is 0 Å². The van der Waals surface area contributed by atoms with Gasteiger partial charge in [0, 0.05) is 7.11 Å². The van der Waals surface area contributed by atoms with E-state index in [1.165, 1.54) is 0 Å². The second-order valence-electron chi connectivity index (χ2n) is 3.38. The van der Waals surface area contributed by atoms with Gasteiger partial charge in [-0.3, -0.25) is 0 Å². The molecule has 0 aromatic rings. The van der Waals surface area contributed by atoms with E-state index in [2.05, 4.69) is 11.4 Å². The van der Waals surface area contributed by atoms with Crippen LogP contribution in [-0.4, -0.2) is 25.8 Å². The summed E-state index contributed by atoms with van der Waals surface area (Å²) in [5.74, 6) is 0. The monoisotopic (exact) mass is 168 g/mol. The molecule has 12 heavy (non-hydrogen) atoms. The zero-order valence-corrected chi connectivity index (χ0v) is 7.76. The van der Waals surface area contributed by atoms with E-state index >= 15 is 0 Å². The maximum Gasteiger partial charge on any atom is 0.106 e. The van der Waals surface area contributed by atoms with E-state index in [1.54, 1.807) is 7.11 Å². The molecule has 3 heteroatoms. The molecule has 0 spiro atoms. The van der Waals surface area contributed by atoms with Crippen LogP contribution in [0.1, 0.15) is 25.7 Å². The summed E-state index contributed by atoms with van der Waals surface area (Å²) in [5, 5.41) is 12.0. The van der Waals surface area contributed by atoms with E-state index in [-0.39, 0.29) is 5.54 Å². The number of hydrogen-bond donors (Lipinski definition) is 1. The van der Waals surface area contributed by atoms with Crippen molar-refractivity contribution >= 4 is 0 Å². The summed E-state index contributed by atoms with van der Waals surface area (Å²) in [4.78, 5) is 0.